The Labute approximate surface area is 132 Å². The number of hydrogen-bond donors (Lipinski definition) is 2. The third-order valence-corrected chi connectivity index (χ3v) is 4.68. The van der Waals surface area contributed by atoms with Gasteiger partial charge in [-0.1, -0.05) is 45.0 Å². The van der Waals surface area contributed by atoms with E-state index >= 15 is 0 Å². The predicted octanol–water partition coefficient (Wildman–Crippen LogP) is 2.77. The lowest BCUT2D eigenvalue weighted by Crippen LogP contribution is -2.48. The molecule has 1 aromatic carbocycles. The summed E-state index contributed by atoms with van der Waals surface area (Å²) in [5, 5.41) is 13.8. The summed E-state index contributed by atoms with van der Waals surface area (Å²) < 4.78 is 4.74. The molecule has 0 radical (unpaired) electrons. The van der Waals surface area contributed by atoms with Crippen molar-refractivity contribution >= 4 is 5.97 Å². The van der Waals surface area contributed by atoms with Crippen LogP contribution >= 0.6 is 0 Å². The minimum Gasteiger partial charge on any atom is -0.469 e. The standard InChI is InChI=1S/C18H27NO3/c1-11(2)13-5-7-14(8-6-13)18-12(3)16(20)9-15(19-18)10-17(21)22-4/h5-8,11-12,15-16,18-20H,9-10H2,1-4H3/t12-,15-,16-,18+/m1/s1. The average Bonchev–Trinajstić information content (AvgIpc) is 2.50. The maximum absolute atomic E-state index is 11.5. The highest BCUT2D eigenvalue weighted by Gasteiger charge is 2.35. The highest BCUT2D eigenvalue weighted by Crippen LogP contribution is 2.33. The number of methoxy groups -OCH3 is 1. The number of nitrogens with one attached hydrogen (secondary N) is 1. The van der Waals surface area contributed by atoms with E-state index in [4.69, 9.17) is 4.74 Å². The topological polar surface area (TPSA) is 58.6 Å². The number of esters is 1. The second kappa shape index (κ2) is 7.25. The quantitative estimate of drug-likeness (QED) is 0.840. The van der Waals surface area contributed by atoms with E-state index in [9.17, 15) is 9.90 Å². The van der Waals surface area contributed by atoms with Gasteiger partial charge in [0, 0.05) is 18.0 Å². The average molecular weight is 305 g/mol. The highest BCUT2D eigenvalue weighted by atomic mass is 16.5. The summed E-state index contributed by atoms with van der Waals surface area (Å²) in [7, 11) is 1.40. The molecule has 4 atom stereocenters. The Morgan fingerprint density at radius 1 is 1.36 bits per heavy atom. The zero-order valence-corrected chi connectivity index (χ0v) is 13.9. The van der Waals surface area contributed by atoms with E-state index in [2.05, 4.69) is 43.4 Å². The molecule has 2 rings (SSSR count). The molecule has 0 spiro atoms. The van der Waals surface area contributed by atoms with Crippen molar-refractivity contribution in [1.82, 2.24) is 5.32 Å². The molecular weight excluding hydrogens is 278 g/mol. The van der Waals surface area contributed by atoms with Gasteiger partial charge in [-0.05, 0) is 23.5 Å². The van der Waals surface area contributed by atoms with E-state index in [1.54, 1.807) is 0 Å². The molecule has 0 amide bonds. The Hall–Kier alpha value is -1.39. The molecule has 0 unspecified atom stereocenters. The Bertz CT molecular complexity index is 498. The van der Waals surface area contributed by atoms with Crippen LogP contribution in [0.4, 0.5) is 0 Å². The van der Waals surface area contributed by atoms with Crippen molar-refractivity contribution in [2.75, 3.05) is 7.11 Å². The van der Waals surface area contributed by atoms with Crippen LogP contribution in [-0.2, 0) is 9.53 Å². The molecule has 1 aromatic rings. The van der Waals surface area contributed by atoms with E-state index in [1.165, 1.54) is 12.7 Å². The van der Waals surface area contributed by atoms with Crippen molar-refractivity contribution in [3.8, 4) is 0 Å². The molecule has 4 heteroatoms. The van der Waals surface area contributed by atoms with Gasteiger partial charge in [0.25, 0.3) is 0 Å². The molecule has 4 nitrogen and oxygen atoms in total. The summed E-state index contributed by atoms with van der Waals surface area (Å²) in [6, 6.07) is 8.54. The minimum atomic E-state index is -0.411. The molecule has 1 aliphatic rings. The Balaban J connectivity index is 2.14. The molecule has 1 saturated heterocycles. The number of aliphatic hydroxyl groups excluding tert-OH is 1. The number of carbonyl (C=O) groups is 1. The van der Waals surface area contributed by atoms with Gasteiger partial charge in [-0.15, -0.1) is 0 Å². The normalized spacial score (nSPS) is 28.6. The summed E-state index contributed by atoms with van der Waals surface area (Å²) >= 11 is 0. The fraction of sp³-hybridized carbons (Fsp3) is 0.611. The Morgan fingerprint density at radius 2 is 2.00 bits per heavy atom. The molecule has 22 heavy (non-hydrogen) atoms. The fourth-order valence-corrected chi connectivity index (χ4v) is 3.12. The molecule has 1 aliphatic heterocycles. The lowest BCUT2D eigenvalue weighted by molar-refractivity contribution is -0.141. The number of piperidine rings is 1. The van der Waals surface area contributed by atoms with Gasteiger partial charge in [0.15, 0.2) is 0 Å². The highest BCUT2D eigenvalue weighted by molar-refractivity contribution is 5.69. The van der Waals surface area contributed by atoms with Crippen LogP contribution in [0.15, 0.2) is 24.3 Å². The lowest BCUT2D eigenvalue weighted by atomic mass is 9.81. The first-order valence-electron chi connectivity index (χ1n) is 8.03. The van der Waals surface area contributed by atoms with E-state index in [0.29, 0.717) is 18.8 Å². The lowest BCUT2D eigenvalue weighted by Gasteiger charge is -2.39. The largest absolute Gasteiger partial charge is 0.469 e. The third-order valence-electron chi connectivity index (χ3n) is 4.68. The monoisotopic (exact) mass is 305 g/mol. The van der Waals surface area contributed by atoms with E-state index in [-0.39, 0.29) is 24.0 Å². The van der Waals surface area contributed by atoms with Crippen molar-refractivity contribution in [2.45, 2.75) is 57.7 Å². The van der Waals surface area contributed by atoms with Crippen LogP contribution < -0.4 is 5.32 Å². The van der Waals surface area contributed by atoms with Crippen molar-refractivity contribution < 1.29 is 14.6 Å². The van der Waals surface area contributed by atoms with Gasteiger partial charge in [0.1, 0.15) is 0 Å². The zero-order chi connectivity index (χ0) is 16.3. The van der Waals surface area contributed by atoms with E-state index in [0.717, 1.165) is 5.56 Å². The first-order chi connectivity index (χ1) is 10.4. The van der Waals surface area contributed by atoms with Crippen LogP contribution in [0.1, 0.15) is 56.7 Å². The van der Waals surface area contributed by atoms with Gasteiger partial charge < -0.3 is 15.2 Å². The van der Waals surface area contributed by atoms with Crippen LogP contribution in [0.25, 0.3) is 0 Å². The molecule has 1 fully saturated rings. The van der Waals surface area contributed by atoms with Gasteiger partial charge in [-0.3, -0.25) is 4.79 Å². The van der Waals surface area contributed by atoms with Gasteiger partial charge in [0.05, 0.1) is 19.6 Å². The summed E-state index contributed by atoms with van der Waals surface area (Å²) in [6.07, 6.45) is 0.461. The minimum absolute atomic E-state index is 0.0478. The van der Waals surface area contributed by atoms with Crippen LogP contribution in [-0.4, -0.2) is 30.3 Å². The van der Waals surface area contributed by atoms with Crippen LogP contribution in [0.2, 0.25) is 0 Å². The fourth-order valence-electron chi connectivity index (χ4n) is 3.12. The Kier molecular flexibility index (Phi) is 5.59. The predicted molar refractivity (Wildman–Crippen MR) is 86.6 cm³/mol. The van der Waals surface area contributed by atoms with Gasteiger partial charge in [-0.2, -0.15) is 0 Å². The van der Waals surface area contributed by atoms with Crippen LogP contribution in [0.3, 0.4) is 0 Å². The smallest absolute Gasteiger partial charge is 0.307 e. The van der Waals surface area contributed by atoms with Crippen LogP contribution in [0, 0.1) is 5.92 Å². The number of ether oxygens (including phenoxy) is 1. The van der Waals surface area contributed by atoms with Crippen molar-refractivity contribution in [2.24, 2.45) is 5.92 Å². The third kappa shape index (κ3) is 3.87. The molecule has 0 aliphatic carbocycles. The van der Waals surface area contributed by atoms with Gasteiger partial charge in [0.2, 0.25) is 0 Å². The maximum atomic E-state index is 11.5. The molecular formula is C18H27NO3. The van der Waals surface area contributed by atoms with Gasteiger partial charge in [-0.25, -0.2) is 0 Å². The van der Waals surface area contributed by atoms with Crippen LogP contribution in [0.5, 0.6) is 0 Å². The number of hydrogen-bond acceptors (Lipinski definition) is 4. The SMILES string of the molecule is COC(=O)C[C@H]1C[C@@H](O)[C@@H](C)[C@@H](c2ccc(C(C)C)cc2)N1. The summed E-state index contributed by atoms with van der Waals surface area (Å²) in [5.41, 5.74) is 2.46. The van der Waals surface area contributed by atoms with Gasteiger partial charge >= 0.3 is 5.97 Å². The summed E-state index contributed by atoms with van der Waals surface area (Å²) in [6.45, 7) is 6.40. The van der Waals surface area contributed by atoms with Crippen molar-refractivity contribution in [3.63, 3.8) is 0 Å². The molecule has 0 saturated carbocycles. The summed E-state index contributed by atoms with van der Waals surface area (Å²) in [5.74, 6) is 0.371. The van der Waals surface area contributed by atoms with E-state index in [1.807, 2.05) is 6.92 Å². The number of benzene rings is 1. The van der Waals surface area contributed by atoms with Crippen molar-refractivity contribution in [3.05, 3.63) is 35.4 Å². The second-order valence-electron chi connectivity index (χ2n) is 6.61. The van der Waals surface area contributed by atoms with Crippen molar-refractivity contribution in [1.29, 1.82) is 0 Å². The Morgan fingerprint density at radius 3 is 2.55 bits per heavy atom. The van der Waals surface area contributed by atoms with E-state index < -0.39 is 6.10 Å². The molecule has 2 N–H and O–H groups in total. The molecule has 122 valence electrons. The zero-order valence-electron chi connectivity index (χ0n) is 13.9. The summed E-state index contributed by atoms with van der Waals surface area (Å²) in [4.78, 5) is 11.5. The first kappa shape index (κ1) is 17.0. The second-order valence-corrected chi connectivity index (χ2v) is 6.61. The molecule has 1 heterocycles. The number of rotatable bonds is 4. The number of aliphatic hydroxyl groups is 1. The molecule has 0 bridgehead atoms. The molecule has 0 aromatic heterocycles. The maximum Gasteiger partial charge on any atom is 0.307 e. The first-order valence-corrected chi connectivity index (χ1v) is 8.03. The number of carbonyl (C=O) groups excluding carboxylic acids is 1.